The summed E-state index contributed by atoms with van der Waals surface area (Å²) in [5.41, 5.74) is 4.34. The minimum Gasteiger partial charge on any atom is -0.478 e. The van der Waals surface area contributed by atoms with E-state index in [-0.39, 0.29) is 40.4 Å². The molecule has 1 aliphatic heterocycles. The number of hydrogen-bond donors (Lipinski definition) is 3. The molecule has 1 fully saturated rings. The van der Waals surface area contributed by atoms with Crippen molar-refractivity contribution in [2.24, 2.45) is 10.8 Å². The first-order valence-corrected chi connectivity index (χ1v) is 17.7. The Morgan fingerprint density at radius 2 is 1.67 bits per heavy atom. The van der Waals surface area contributed by atoms with Crippen molar-refractivity contribution in [2.45, 2.75) is 72.4 Å². The fourth-order valence-electron chi connectivity index (χ4n) is 5.99. The zero-order chi connectivity index (χ0) is 35.6. The molecule has 49 heavy (non-hydrogen) atoms. The molecular formula is C36H45N7O5S. The van der Waals surface area contributed by atoms with Crippen molar-refractivity contribution in [1.29, 1.82) is 0 Å². The van der Waals surface area contributed by atoms with E-state index < -0.39 is 16.0 Å². The molecule has 260 valence electrons. The van der Waals surface area contributed by atoms with Crippen LogP contribution in [0.5, 0.6) is 5.88 Å². The summed E-state index contributed by atoms with van der Waals surface area (Å²) in [7, 11) is -4.24. The van der Waals surface area contributed by atoms with E-state index in [1.807, 2.05) is 44.4 Å². The largest absolute Gasteiger partial charge is 0.478 e. The zero-order valence-electron chi connectivity index (χ0n) is 29.1. The Balaban J connectivity index is 1.37. The van der Waals surface area contributed by atoms with Crippen LogP contribution in [0.4, 0.5) is 11.6 Å². The maximum atomic E-state index is 13.4. The maximum Gasteiger partial charge on any atom is 0.335 e. The Morgan fingerprint density at radius 1 is 1.02 bits per heavy atom. The lowest BCUT2D eigenvalue weighted by Gasteiger charge is -2.47. The lowest BCUT2D eigenvalue weighted by molar-refractivity contribution is 0.0696. The molecule has 3 N–H and O–H groups in total. The quantitative estimate of drug-likeness (QED) is 0.154. The van der Waals surface area contributed by atoms with Gasteiger partial charge in [-0.1, -0.05) is 58.9 Å². The molecule has 1 aliphatic rings. The number of carboxylic acids is 1. The van der Waals surface area contributed by atoms with E-state index >= 15 is 0 Å². The zero-order valence-corrected chi connectivity index (χ0v) is 29.9. The molecule has 12 nitrogen and oxygen atoms in total. The van der Waals surface area contributed by atoms with Gasteiger partial charge in [0.25, 0.3) is 10.0 Å². The van der Waals surface area contributed by atoms with Gasteiger partial charge in [0, 0.05) is 30.8 Å². The second-order valence-electron chi connectivity index (χ2n) is 14.7. The van der Waals surface area contributed by atoms with E-state index in [1.54, 1.807) is 6.07 Å². The molecule has 0 saturated carbocycles. The number of aromatic carboxylic acids is 1. The van der Waals surface area contributed by atoms with Crippen LogP contribution in [-0.2, 0) is 16.6 Å². The number of carboxylic acid groups (broad SMARTS) is 1. The summed E-state index contributed by atoms with van der Waals surface area (Å²) < 4.78 is 35.4. The molecule has 13 heteroatoms. The molecule has 1 saturated heterocycles. The molecule has 4 aromatic rings. The number of carbonyl (C=O) groups is 1. The van der Waals surface area contributed by atoms with Crippen LogP contribution >= 0.6 is 0 Å². The molecule has 0 aliphatic carbocycles. The van der Waals surface area contributed by atoms with E-state index in [2.05, 4.69) is 69.5 Å². The van der Waals surface area contributed by atoms with Gasteiger partial charge in [0.05, 0.1) is 40.8 Å². The molecule has 5 rings (SSSR count). The fraction of sp³-hybridized carbons (Fsp3) is 0.417. The van der Waals surface area contributed by atoms with E-state index in [9.17, 15) is 18.3 Å². The highest BCUT2D eigenvalue weighted by Crippen LogP contribution is 2.33. The maximum absolute atomic E-state index is 13.4. The highest BCUT2D eigenvalue weighted by Gasteiger charge is 2.34. The molecule has 1 atom stereocenters. The average molecular weight is 688 g/mol. The third-order valence-electron chi connectivity index (χ3n) is 8.19. The average Bonchev–Trinajstić information content (AvgIpc) is 3.00. The summed E-state index contributed by atoms with van der Waals surface area (Å²) >= 11 is 0. The molecule has 0 bridgehead atoms. The second-order valence-corrected chi connectivity index (χ2v) is 16.3. The Bertz CT molecular complexity index is 1900. The van der Waals surface area contributed by atoms with Crippen LogP contribution in [0.3, 0.4) is 0 Å². The molecule has 3 heterocycles. The van der Waals surface area contributed by atoms with Gasteiger partial charge in [-0.25, -0.2) is 32.9 Å². The number of anilines is 2. The minimum atomic E-state index is -4.24. The number of sulfonamides is 1. The fourth-order valence-corrected chi connectivity index (χ4v) is 6.98. The van der Waals surface area contributed by atoms with Crippen molar-refractivity contribution in [2.75, 3.05) is 29.3 Å². The van der Waals surface area contributed by atoms with Crippen LogP contribution in [0, 0.1) is 24.7 Å². The molecule has 0 spiro atoms. The molecule has 2 aromatic carbocycles. The van der Waals surface area contributed by atoms with Gasteiger partial charge in [-0.05, 0) is 60.4 Å². The number of benzene rings is 2. The van der Waals surface area contributed by atoms with Crippen LogP contribution in [0.25, 0.3) is 11.3 Å². The number of aryl methyl sites for hydroxylation is 2. The van der Waals surface area contributed by atoms with Gasteiger partial charge in [-0.15, -0.1) is 0 Å². The second kappa shape index (κ2) is 14.1. The van der Waals surface area contributed by atoms with Gasteiger partial charge in [-0.3, -0.25) is 0 Å². The van der Waals surface area contributed by atoms with Gasteiger partial charge in [0.15, 0.2) is 0 Å². The number of hydrogen-bond acceptors (Lipinski definition) is 10. The summed E-state index contributed by atoms with van der Waals surface area (Å²) in [5, 5.41) is 12.9. The molecule has 0 amide bonds. The highest BCUT2D eigenvalue weighted by molar-refractivity contribution is 7.92. The van der Waals surface area contributed by atoms with Crippen LogP contribution < -0.4 is 19.7 Å². The highest BCUT2D eigenvalue weighted by atomic mass is 32.2. The molecule has 0 radical (unpaired) electrons. The van der Waals surface area contributed by atoms with Gasteiger partial charge in [0.2, 0.25) is 11.8 Å². The lowest BCUT2D eigenvalue weighted by Crippen LogP contribution is -2.53. The van der Waals surface area contributed by atoms with Crippen LogP contribution in [0.1, 0.15) is 68.3 Å². The summed E-state index contributed by atoms with van der Waals surface area (Å²) in [4.78, 5) is 31.7. The Labute approximate surface area is 288 Å². The standard InChI is InChI=1S/C36H45N7O5S/c1-23-10-8-11-24(2)32(23)29-15-31(41-34(40-29)42-49(46,47)28-13-9-12-25(14-28)33(44)45)48-20-26(16-35(3,4)5)37-19-30-38-17-27(18-39-30)43-21-36(6,7)22-43/h8-15,17-18,26,37H,16,19-22H2,1-7H3,(H,44,45)(H,40,41,42). The number of nitrogens with zero attached hydrogens (tertiary/aromatic N) is 5. The van der Waals surface area contributed by atoms with Crippen molar-refractivity contribution >= 4 is 27.6 Å². The smallest absolute Gasteiger partial charge is 0.335 e. The Morgan fingerprint density at radius 3 is 2.29 bits per heavy atom. The monoisotopic (exact) mass is 687 g/mol. The minimum absolute atomic E-state index is 0.0313. The Hall–Kier alpha value is -4.62. The SMILES string of the molecule is Cc1cccc(C)c1-c1cc(OCC(CC(C)(C)C)NCc2ncc(N3CC(C)(C)C3)cn2)nc(NS(=O)(=O)c2cccc(C(=O)O)c2)n1. The lowest BCUT2D eigenvalue weighted by atomic mass is 9.84. The van der Waals surface area contributed by atoms with Gasteiger partial charge in [0.1, 0.15) is 12.4 Å². The van der Waals surface area contributed by atoms with E-state index in [0.29, 0.717) is 23.5 Å². The molecule has 2 aromatic heterocycles. The van der Waals surface area contributed by atoms with E-state index in [1.165, 1.54) is 18.2 Å². The first-order valence-electron chi connectivity index (χ1n) is 16.2. The van der Waals surface area contributed by atoms with Gasteiger partial charge < -0.3 is 20.1 Å². The van der Waals surface area contributed by atoms with Crippen molar-refractivity contribution < 1.29 is 23.1 Å². The Kier molecular flexibility index (Phi) is 10.3. The molecule has 1 unspecified atom stereocenters. The van der Waals surface area contributed by atoms with Crippen molar-refractivity contribution in [3.8, 4) is 17.1 Å². The first kappa shape index (κ1) is 35.7. The van der Waals surface area contributed by atoms with E-state index in [0.717, 1.165) is 48.0 Å². The van der Waals surface area contributed by atoms with Crippen LogP contribution in [0.15, 0.2) is 65.8 Å². The predicted molar refractivity (Wildman–Crippen MR) is 189 cm³/mol. The number of rotatable bonds is 13. The third-order valence-corrected chi connectivity index (χ3v) is 9.52. The topological polar surface area (TPSA) is 160 Å². The van der Waals surface area contributed by atoms with Crippen molar-refractivity contribution in [3.63, 3.8) is 0 Å². The van der Waals surface area contributed by atoms with Crippen molar-refractivity contribution in [3.05, 3.63) is 83.4 Å². The van der Waals surface area contributed by atoms with Gasteiger partial charge in [-0.2, -0.15) is 4.98 Å². The number of nitrogens with one attached hydrogen (secondary N) is 2. The summed E-state index contributed by atoms with van der Waals surface area (Å²) in [6, 6.07) is 12.5. The summed E-state index contributed by atoms with van der Waals surface area (Å²) in [6.07, 6.45) is 4.50. The van der Waals surface area contributed by atoms with E-state index in [4.69, 9.17) is 4.74 Å². The number of ether oxygens (including phenoxy) is 1. The van der Waals surface area contributed by atoms with Gasteiger partial charge >= 0.3 is 5.97 Å². The third kappa shape index (κ3) is 9.30. The summed E-state index contributed by atoms with van der Waals surface area (Å²) in [6.45, 7) is 17.5. The molecular weight excluding hydrogens is 643 g/mol. The summed E-state index contributed by atoms with van der Waals surface area (Å²) in [5.74, 6) is -0.581. The number of aromatic nitrogens is 4. The normalized spacial score (nSPS) is 15.0. The predicted octanol–water partition coefficient (Wildman–Crippen LogP) is 5.87. The van der Waals surface area contributed by atoms with Crippen molar-refractivity contribution in [1.82, 2.24) is 25.3 Å². The first-order chi connectivity index (χ1) is 23.0. The van der Waals surface area contributed by atoms with Crippen LogP contribution in [0.2, 0.25) is 0 Å². The van der Waals surface area contributed by atoms with Crippen LogP contribution in [-0.4, -0.2) is 65.2 Å².